The highest BCUT2D eigenvalue weighted by Crippen LogP contribution is 2.50. The molecule has 0 aromatic heterocycles. The molecule has 0 atom stereocenters. The largest absolute Gasteiger partial charge is 0.398 e. The minimum Gasteiger partial charge on any atom is -0.398 e. The summed E-state index contributed by atoms with van der Waals surface area (Å²) < 4.78 is 3.46. The third-order valence-corrected chi connectivity index (χ3v) is 11.6. The van der Waals surface area contributed by atoms with Gasteiger partial charge >= 0.3 is 0 Å². The van der Waals surface area contributed by atoms with E-state index in [1.807, 2.05) is 24.3 Å². The molecule has 0 unspecified atom stereocenters. The molecule has 1 nitrogen and oxygen atoms in total. The topological polar surface area (TPSA) is 26.0 Å². The van der Waals surface area contributed by atoms with Crippen molar-refractivity contribution in [1.29, 1.82) is 0 Å². The molecule has 0 amide bonds. The van der Waals surface area contributed by atoms with Gasteiger partial charge in [0, 0.05) is 29.0 Å². The molecule has 236 valence electrons. The van der Waals surface area contributed by atoms with Gasteiger partial charge in [-0.1, -0.05) is 147 Å². The molecule has 6 aromatic carbocycles. The van der Waals surface area contributed by atoms with E-state index in [1.165, 1.54) is 63.7 Å². The summed E-state index contributed by atoms with van der Waals surface area (Å²) in [6.07, 6.45) is 0.959. The molecule has 2 aliphatic rings. The summed E-state index contributed by atoms with van der Waals surface area (Å²) >= 11 is 9.32. The summed E-state index contributed by atoms with van der Waals surface area (Å²) in [5.74, 6) is 0. The number of halogens is 3. The molecule has 47 heavy (non-hydrogen) atoms. The summed E-state index contributed by atoms with van der Waals surface area (Å²) in [5.41, 5.74) is 20.6. The number of hydrogen-bond acceptors (Lipinski definition) is 1. The third-order valence-electron chi connectivity index (χ3n) is 9.45. The van der Waals surface area contributed by atoms with E-state index < -0.39 is 0 Å². The van der Waals surface area contributed by atoms with Gasteiger partial charge in [-0.2, -0.15) is 0 Å². The number of anilines is 1. The van der Waals surface area contributed by atoms with Crippen molar-refractivity contribution in [3.63, 3.8) is 0 Å². The first kappa shape index (κ1) is 33.7. The fourth-order valence-corrected chi connectivity index (χ4v) is 8.08. The monoisotopic (exact) mass is 853 g/mol. The van der Waals surface area contributed by atoms with Gasteiger partial charge in [0.05, 0.1) is 0 Å². The number of nitrogens with two attached hydrogens (primary N) is 1. The highest BCUT2D eigenvalue weighted by Gasteiger charge is 2.36. The first-order valence-corrected chi connectivity index (χ1v) is 18.5. The van der Waals surface area contributed by atoms with E-state index in [0.29, 0.717) is 0 Å². The van der Waals surface area contributed by atoms with Crippen molar-refractivity contribution in [2.24, 2.45) is 0 Å². The van der Waals surface area contributed by atoms with Gasteiger partial charge < -0.3 is 5.73 Å². The second kappa shape index (κ2) is 13.7. The summed E-state index contributed by atoms with van der Waals surface area (Å²) in [7, 11) is 0. The van der Waals surface area contributed by atoms with Crippen LogP contribution in [0.5, 0.6) is 0 Å². The zero-order chi connectivity index (χ0) is 33.3. The Morgan fingerprint density at radius 1 is 0.511 bits per heavy atom. The van der Waals surface area contributed by atoms with E-state index in [9.17, 15) is 0 Å². The molecule has 0 bridgehead atoms. The van der Waals surface area contributed by atoms with Crippen molar-refractivity contribution >= 4 is 60.1 Å². The molecule has 0 saturated carbocycles. The van der Waals surface area contributed by atoms with E-state index in [1.54, 1.807) is 0 Å². The van der Waals surface area contributed by atoms with Gasteiger partial charge in [0.1, 0.15) is 0 Å². The Morgan fingerprint density at radius 3 is 1.53 bits per heavy atom. The van der Waals surface area contributed by atoms with Crippen LogP contribution in [0.15, 0.2) is 142 Å². The Hall–Kier alpha value is -3.19. The molecule has 2 aliphatic carbocycles. The third kappa shape index (κ3) is 6.75. The van der Waals surface area contributed by atoms with Crippen LogP contribution in [0.4, 0.5) is 5.69 Å². The van der Waals surface area contributed by atoms with Gasteiger partial charge in [-0.15, -0.1) is 0 Å². The molecule has 4 heteroatoms. The highest BCUT2D eigenvalue weighted by molar-refractivity contribution is 14.1. The second-order valence-corrected chi connectivity index (χ2v) is 16.2. The van der Waals surface area contributed by atoms with Gasteiger partial charge in [0.25, 0.3) is 0 Å². The summed E-state index contributed by atoms with van der Waals surface area (Å²) in [6.45, 7) is 9.29. The quantitative estimate of drug-likeness (QED) is 0.136. The Labute approximate surface area is 310 Å². The molecule has 0 radical (unpaired) electrons. The van der Waals surface area contributed by atoms with E-state index in [2.05, 4.69) is 191 Å². The van der Waals surface area contributed by atoms with Gasteiger partial charge in [-0.25, -0.2) is 0 Å². The average Bonchev–Trinajstić information content (AvgIpc) is 3.43. The zero-order valence-electron chi connectivity index (χ0n) is 27.1. The molecular formula is C43H38Br2IN. The molecule has 0 aliphatic heterocycles. The molecule has 0 spiro atoms. The standard InChI is InChI=1S/C22H19Br.C15H13I.C6H6BrN/c1-22(2)19-9-5-4-8-17(19)18-12-11-15(14-20(18)22)13-16-7-3-6-10-21(16)23;1-15(2)13-6-4-3-5-11(13)12-8-7-10(16)9-14(12)15;7-5-3-1-2-4-6(5)8/h3-12,14H,13H2,1-2H3;3-9H,1-2H3;1-4H,8H2. The van der Waals surface area contributed by atoms with Crippen LogP contribution in [-0.2, 0) is 17.3 Å². The van der Waals surface area contributed by atoms with Crippen molar-refractivity contribution in [3.8, 4) is 22.3 Å². The Bertz CT molecular complexity index is 2060. The predicted molar refractivity (Wildman–Crippen MR) is 216 cm³/mol. The maximum absolute atomic E-state index is 5.47. The highest BCUT2D eigenvalue weighted by atomic mass is 127. The number of para-hydroxylation sites is 1. The molecule has 8 rings (SSSR count). The number of benzene rings is 6. The van der Waals surface area contributed by atoms with Crippen molar-refractivity contribution in [2.45, 2.75) is 44.9 Å². The summed E-state index contributed by atoms with van der Waals surface area (Å²) in [6, 6.07) is 47.4. The fourth-order valence-electron chi connectivity index (χ4n) is 6.87. The number of hydrogen-bond donors (Lipinski definition) is 1. The lowest BCUT2D eigenvalue weighted by molar-refractivity contribution is 0.659. The lowest BCUT2D eigenvalue weighted by atomic mass is 9.81. The van der Waals surface area contributed by atoms with E-state index in [4.69, 9.17) is 5.73 Å². The van der Waals surface area contributed by atoms with Crippen molar-refractivity contribution in [1.82, 2.24) is 0 Å². The number of rotatable bonds is 2. The summed E-state index contributed by atoms with van der Waals surface area (Å²) in [5, 5.41) is 0. The van der Waals surface area contributed by atoms with Crippen LogP contribution in [-0.4, -0.2) is 0 Å². The van der Waals surface area contributed by atoms with Crippen LogP contribution in [0.3, 0.4) is 0 Å². The first-order chi connectivity index (χ1) is 22.5. The van der Waals surface area contributed by atoms with Gasteiger partial charge in [-0.3, -0.25) is 0 Å². The Morgan fingerprint density at radius 2 is 0.979 bits per heavy atom. The molecule has 0 fully saturated rings. The van der Waals surface area contributed by atoms with Gasteiger partial charge in [-0.05, 0) is 131 Å². The fraction of sp³-hybridized carbons (Fsp3) is 0.163. The zero-order valence-corrected chi connectivity index (χ0v) is 32.4. The Kier molecular flexibility index (Phi) is 9.85. The molecule has 6 aromatic rings. The summed E-state index contributed by atoms with van der Waals surface area (Å²) in [4.78, 5) is 0. The van der Waals surface area contributed by atoms with Crippen LogP contribution >= 0.6 is 54.5 Å². The maximum Gasteiger partial charge on any atom is 0.0458 e. The van der Waals surface area contributed by atoms with E-state index >= 15 is 0 Å². The molecule has 0 saturated heterocycles. The van der Waals surface area contributed by atoms with Crippen LogP contribution in [0.25, 0.3) is 22.3 Å². The van der Waals surface area contributed by atoms with Crippen molar-refractivity contribution in [3.05, 3.63) is 179 Å². The van der Waals surface area contributed by atoms with E-state index in [0.717, 1.165) is 16.6 Å². The first-order valence-electron chi connectivity index (χ1n) is 15.8. The minimum absolute atomic E-state index is 0.0792. The van der Waals surface area contributed by atoms with Crippen molar-refractivity contribution < 1.29 is 0 Å². The van der Waals surface area contributed by atoms with E-state index in [-0.39, 0.29) is 10.8 Å². The van der Waals surface area contributed by atoms with Crippen molar-refractivity contribution in [2.75, 3.05) is 5.73 Å². The van der Waals surface area contributed by atoms with Crippen LogP contribution < -0.4 is 5.73 Å². The van der Waals surface area contributed by atoms with Gasteiger partial charge in [0.15, 0.2) is 0 Å². The lowest BCUT2D eigenvalue weighted by Crippen LogP contribution is -2.15. The number of fused-ring (bicyclic) bond motifs is 6. The molecular weight excluding hydrogens is 817 g/mol. The van der Waals surface area contributed by atoms with Crippen LogP contribution in [0.1, 0.15) is 61.1 Å². The van der Waals surface area contributed by atoms with Crippen LogP contribution in [0, 0.1) is 3.57 Å². The van der Waals surface area contributed by atoms with Crippen LogP contribution in [0.2, 0.25) is 0 Å². The van der Waals surface area contributed by atoms with Gasteiger partial charge in [0.2, 0.25) is 0 Å². The maximum atomic E-state index is 5.47. The lowest BCUT2D eigenvalue weighted by Gasteiger charge is -2.22. The Balaban J connectivity index is 0.000000139. The predicted octanol–water partition coefficient (Wildman–Crippen LogP) is 13.0. The SMILES string of the molecule is CC1(C)c2ccccc2-c2ccc(Cc3ccccc3Br)cc21.CC1(C)c2ccccc2-c2ccc(I)cc21.Nc1ccccc1Br. The molecule has 0 heterocycles. The average molecular weight is 855 g/mol. The molecule has 2 N–H and O–H groups in total. The normalized spacial score (nSPS) is 13.9. The second-order valence-electron chi connectivity index (χ2n) is 13.2. The smallest absolute Gasteiger partial charge is 0.0458 e. The number of nitrogen functional groups attached to an aromatic ring is 1. The minimum atomic E-state index is 0.0792.